The van der Waals surface area contributed by atoms with E-state index in [0.29, 0.717) is 35.2 Å². The van der Waals surface area contributed by atoms with Gasteiger partial charge in [0.15, 0.2) is 5.69 Å². The fourth-order valence-corrected chi connectivity index (χ4v) is 3.21. The minimum Gasteiger partial charge on any atom is -0.355 e. The number of benzene rings is 1. The van der Waals surface area contributed by atoms with Crippen LogP contribution in [0.15, 0.2) is 24.3 Å². The van der Waals surface area contributed by atoms with Crippen molar-refractivity contribution < 1.29 is 18.0 Å². The lowest BCUT2D eigenvalue weighted by Crippen LogP contribution is -2.21. The van der Waals surface area contributed by atoms with E-state index >= 15 is 0 Å². The lowest BCUT2D eigenvalue weighted by Gasteiger charge is -2.15. The van der Waals surface area contributed by atoms with Crippen molar-refractivity contribution in [3.63, 3.8) is 0 Å². The number of fused-ring (bicyclic) bond motifs is 1. The molecule has 1 aliphatic carbocycles. The maximum atomic E-state index is 13.3. The zero-order chi connectivity index (χ0) is 17.3. The van der Waals surface area contributed by atoms with Gasteiger partial charge in [0, 0.05) is 23.9 Å². The number of nitrogens with zero attached hydrogens (tertiary/aromatic N) is 2. The number of carbonyl (C=O) groups is 1. The first-order chi connectivity index (χ1) is 11.4. The second-order valence-corrected chi connectivity index (χ2v) is 5.87. The van der Waals surface area contributed by atoms with Crippen molar-refractivity contribution in [2.75, 3.05) is 7.05 Å². The van der Waals surface area contributed by atoms with Crippen LogP contribution in [0.1, 0.15) is 45.7 Å². The molecule has 2 aromatic rings. The molecule has 3 rings (SSSR count). The highest BCUT2D eigenvalue weighted by atomic mass is 19.4. The molecule has 24 heavy (non-hydrogen) atoms. The lowest BCUT2D eigenvalue weighted by molar-refractivity contribution is -0.142. The quantitative estimate of drug-likeness (QED) is 0.935. The number of hydrogen-bond acceptors (Lipinski definition) is 2. The maximum absolute atomic E-state index is 13.3. The fraction of sp³-hybridized carbons (Fsp3) is 0.412. The second-order valence-electron chi connectivity index (χ2n) is 5.87. The number of amides is 1. The molecule has 0 spiro atoms. The van der Waals surface area contributed by atoms with Crippen LogP contribution in [-0.2, 0) is 25.6 Å². The minimum atomic E-state index is -4.45. The highest BCUT2D eigenvalue weighted by Gasteiger charge is 2.39. The molecule has 0 saturated carbocycles. The van der Waals surface area contributed by atoms with E-state index in [4.69, 9.17) is 0 Å². The van der Waals surface area contributed by atoms with Crippen LogP contribution in [0.3, 0.4) is 0 Å². The van der Waals surface area contributed by atoms with Gasteiger partial charge in [0.05, 0.1) is 6.54 Å². The van der Waals surface area contributed by atoms with Crippen molar-refractivity contribution in [1.29, 1.82) is 0 Å². The molecule has 4 nitrogen and oxygen atoms in total. The maximum Gasteiger partial charge on any atom is 0.435 e. The topological polar surface area (TPSA) is 46.9 Å². The zero-order valence-electron chi connectivity index (χ0n) is 13.3. The molecule has 0 aliphatic heterocycles. The van der Waals surface area contributed by atoms with Crippen molar-refractivity contribution in [2.24, 2.45) is 0 Å². The fourth-order valence-electron chi connectivity index (χ4n) is 3.21. The van der Waals surface area contributed by atoms with Gasteiger partial charge in [0.1, 0.15) is 0 Å². The number of aromatic nitrogens is 2. The van der Waals surface area contributed by atoms with Crippen LogP contribution < -0.4 is 5.32 Å². The number of alkyl halides is 3. The Balaban J connectivity index is 2.03. The summed E-state index contributed by atoms with van der Waals surface area (Å²) in [5, 5.41) is 6.40. The van der Waals surface area contributed by atoms with Gasteiger partial charge in [-0.25, -0.2) is 0 Å². The number of halogens is 3. The predicted molar refractivity (Wildman–Crippen MR) is 82.8 cm³/mol. The van der Waals surface area contributed by atoms with Gasteiger partial charge in [-0.2, -0.15) is 18.3 Å². The monoisotopic (exact) mass is 337 g/mol. The molecule has 1 aliphatic rings. The molecule has 1 N–H and O–H groups in total. The highest BCUT2D eigenvalue weighted by Crippen LogP contribution is 2.36. The van der Waals surface area contributed by atoms with Crippen LogP contribution in [0.25, 0.3) is 0 Å². The average molecular weight is 337 g/mol. The van der Waals surface area contributed by atoms with Gasteiger partial charge in [0.2, 0.25) is 0 Å². The zero-order valence-corrected chi connectivity index (χ0v) is 13.3. The standard InChI is InChI=1S/C17H18F3N3O/c1-21-16(24)12-7-3-2-6-11(12)10-23-14-9-5-4-8-13(14)15(22-23)17(18,19)20/h2-3,6-7H,4-5,8-10H2,1H3,(H,21,24). The van der Waals surface area contributed by atoms with E-state index in [9.17, 15) is 18.0 Å². The van der Waals surface area contributed by atoms with Crippen molar-refractivity contribution in [3.05, 3.63) is 52.3 Å². The third-order valence-corrected chi connectivity index (χ3v) is 4.33. The minimum absolute atomic E-state index is 0.155. The Labute approximate surface area is 137 Å². The van der Waals surface area contributed by atoms with Gasteiger partial charge in [-0.1, -0.05) is 18.2 Å². The second kappa shape index (κ2) is 6.30. The summed E-state index contributed by atoms with van der Waals surface area (Å²) < 4.78 is 41.2. The van der Waals surface area contributed by atoms with Crippen molar-refractivity contribution in [2.45, 2.75) is 38.4 Å². The molecule has 0 fully saturated rings. The predicted octanol–water partition coefficient (Wildman–Crippen LogP) is 3.19. The first kappa shape index (κ1) is 16.5. The molecular formula is C17H18F3N3O. The summed E-state index contributed by atoms with van der Waals surface area (Å²) in [6, 6.07) is 6.90. The molecule has 1 aromatic heterocycles. The lowest BCUT2D eigenvalue weighted by atomic mass is 9.95. The van der Waals surface area contributed by atoms with E-state index < -0.39 is 11.9 Å². The van der Waals surface area contributed by atoms with E-state index in [1.165, 1.54) is 11.7 Å². The molecule has 1 amide bonds. The Morgan fingerprint density at radius 2 is 1.96 bits per heavy atom. The smallest absolute Gasteiger partial charge is 0.355 e. The number of nitrogens with one attached hydrogen (secondary N) is 1. The molecule has 0 atom stereocenters. The van der Waals surface area contributed by atoms with E-state index in [1.807, 2.05) is 0 Å². The Morgan fingerprint density at radius 1 is 1.25 bits per heavy atom. The summed E-state index contributed by atoms with van der Waals surface area (Å²) in [4.78, 5) is 12.0. The first-order valence-corrected chi connectivity index (χ1v) is 7.87. The molecule has 7 heteroatoms. The molecule has 0 saturated heterocycles. The normalized spacial score (nSPS) is 14.3. The summed E-state index contributed by atoms with van der Waals surface area (Å²) in [6.45, 7) is 0.155. The summed E-state index contributed by atoms with van der Waals surface area (Å²) in [6.07, 6.45) is -1.86. The summed E-state index contributed by atoms with van der Waals surface area (Å²) in [5.74, 6) is -0.261. The average Bonchev–Trinajstić information content (AvgIpc) is 2.94. The number of carbonyl (C=O) groups excluding carboxylic acids is 1. The number of hydrogen-bond donors (Lipinski definition) is 1. The van der Waals surface area contributed by atoms with Crippen molar-refractivity contribution in [3.8, 4) is 0 Å². The highest BCUT2D eigenvalue weighted by molar-refractivity contribution is 5.95. The van der Waals surface area contributed by atoms with Gasteiger partial charge >= 0.3 is 6.18 Å². The third kappa shape index (κ3) is 3.02. The summed E-state index contributed by atoms with van der Waals surface area (Å²) in [5.41, 5.74) is 1.27. The van der Waals surface area contributed by atoms with Crippen LogP contribution in [0, 0.1) is 0 Å². The van der Waals surface area contributed by atoms with E-state index in [0.717, 1.165) is 12.8 Å². The molecule has 0 bridgehead atoms. The van der Waals surface area contributed by atoms with Gasteiger partial charge in [0.25, 0.3) is 5.91 Å². The summed E-state index contributed by atoms with van der Waals surface area (Å²) in [7, 11) is 1.52. The largest absolute Gasteiger partial charge is 0.435 e. The molecule has 0 radical (unpaired) electrons. The van der Waals surface area contributed by atoms with Crippen LogP contribution in [0.2, 0.25) is 0 Å². The molecule has 1 heterocycles. The third-order valence-electron chi connectivity index (χ3n) is 4.33. The Kier molecular flexibility index (Phi) is 4.34. The molecule has 128 valence electrons. The van der Waals surface area contributed by atoms with E-state index in [-0.39, 0.29) is 12.5 Å². The Bertz CT molecular complexity index is 765. The van der Waals surface area contributed by atoms with Crippen LogP contribution in [0.4, 0.5) is 13.2 Å². The summed E-state index contributed by atoms with van der Waals surface area (Å²) >= 11 is 0. The first-order valence-electron chi connectivity index (χ1n) is 7.87. The molecule has 0 unspecified atom stereocenters. The molecular weight excluding hydrogens is 319 g/mol. The van der Waals surface area contributed by atoms with Gasteiger partial charge in [-0.3, -0.25) is 9.48 Å². The van der Waals surface area contributed by atoms with Crippen molar-refractivity contribution in [1.82, 2.24) is 15.1 Å². The number of rotatable bonds is 3. The van der Waals surface area contributed by atoms with Gasteiger partial charge in [-0.15, -0.1) is 0 Å². The van der Waals surface area contributed by atoms with Crippen LogP contribution >= 0.6 is 0 Å². The molecule has 1 aromatic carbocycles. The van der Waals surface area contributed by atoms with Crippen LogP contribution in [0.5, 0.6) is 0 Å². The Morgan fingerprint density at radius 3 is 2.67 bits per heavy atom. The SMILES string of the molecule is CNC(=O)c1ccccc1Cn1nc(C(F)(F)F)c2c1CCCC2. The van der Waals surface area contributed by atoms with Gasteiger partial charge in [-0.05, 0) is 37.3 Å². The van der Waals surface area contributed by atoms with E-state index in [2.05, 4.69) is 10.4 Å². The van der Waals surface area contributed by atoms with Crippen molar-refractivity contribution >= 4 is 5.91 Å². The van der Waals surface area contributed by atoms with E-state index in [1.54, 1.807) is 24.3 Å². The van der Waals surface area contributed by atoms with Crippen LogP contribution in [-0.4, -0.2) is 22.7 Å². The Hall–Kier alpha value is -2.31. The van der Waals surface area contributed by atoms with Gasteiger partial charge < -0.3 is 5.32 Å².